The van der Waals surface area contributed by atoms with Crippen molar-refractivity contribution in [2.45, 2.75) is 19.4 Å². The second kappa shape index (κ2) is 10.5. The predicted molar refractivity (Wildman–Crippen MR) is 136 cm³/mol. The molecule has 0 unspecified atom stereocenters. The van der Waals surface area contributed by atoms with Gasteiger partial charge in [0.1, 0.15) is 11.6 Å². The molecule has 9 nitrogen and oxygen atoms in total. The fourth-order valence-corrected chi connectivity index (χ4v) is 4.57. The zero-order valence-corrected chi connectivity index (χ0v) is 20.5. The van der Waals surface area contributed by atoms with Crippen molar-refractivity contribution in [3.05, 3.63) is 70.3 Å². The summed E-state index contributed by atoms with van der Waals surface area (Å²) < 4.78 is 5.17. The van der Waals surface area contributed by atoms with Gasteiger partial charge in [0.2, 0.25) is 5.91 Å². The monoisotopic (exact) mass is 489 g/mol. The number of nitrogens with zero attached hydrogens (tertiary/aromatic N) is 4. The van der Waals surface area contributed by atoms with Gasteiger partial charge in [-0.15, -0.1) is 0 Å². The first kappa shape index (κ1) is 24.0. The van der Waals surface area contributed by atoms with Gasteiger partial charge in [0.15, 0.2) is 0 Å². The van der Waals surface area contributed by atoms with Gasteiger partial charge in [-0.3, -0.25) is 19.3 Å². The van der Waals surface area contributed by atoms with Gasteiger partial charge in [-0.05, 0) is 55.2 Å². The van der Waals surface area contributed by atoms with Gasteiger partial charge in [-0.25, -0.2) is 4.98 Å². The van der Waals surface area contributed by atoms with Crippen molar-refractivity contribution in [1.29, 1.82) is 0 Å². The van der Waals surface area contributed by atoms with Crippen LogP contribution in [0.1, 0.15) is 29.0 Å². The molecular formula is C27H31N5O4. The summed E-state index contributed by atoms with van der Waals surface area (Å²) in [6.45, 7) is 3.65. The van der Waals surface area contributed by atoms with Crippen molar-refractivity contribution in [3.8, 4) is 5.75 Å². The zero-order chi connectivity index (χ0) is 25.1. The summed E-state index contributed by atoms with van der Waals surface area (Å²) in [5.74, 6) is 1.74. The van der Waals surface area contributed by atoms with Crippen LogP contribution >= 0.6 is 0 Å². The number of hydrogen-bond acceptors (Lipinski definition) is 6. The smallest absolute Gasteiger partial charge is 0.258 e. The molecule has 2 fully saturated rings. The molecule has 1 saturated heterocycles. The lowest BCUT2D eigenvalue weighted by Crippen LogP contribution is -2.51. The minimum atomic E-state index is -0.188. The number of carbonyl (C=O) groups is 2. The average molecular weight is 490 g/mol. The van der Waals surface area contributed by atoms with Crippen molar-refractivity contribution in [1.82, 2.24) is 24.7 Å². The summed E-state index contributed by atoms with van der Waals surface area (Å²) in [6, 6.07) is 14.3. The normalized spacial score (nSPS) is 16.2. The third kappa shape index (κ3) is 5.57. The highest BCUT2D eigenvalue weighted by molar-refractivity contribution is 5.94. The summed E-state index contributed by atoms with van der Waals surface area (Å²) in [4.78, 5) is 51.8. The Hall–Kier alpha value is -3.72. The number of H-pyrrole nitrogens is 1. The second-order valence-electron chi connectivity index (χ2n) is 9.54. The lowest BCUT2D eigenvalue weighted by molar-refractivity contribution is -0.133. The fourth-order valence-electron chi connectivity index (χ4n) is 4.57. The van der Waals surface area contributed by atoms with Crippen LogP contribution in [0.2, 0.25) is 0 Å². The summed E-state index contributed by atoms with van der Waals surface area (Å²) in [5.41, 5.74) is 1.08. The Morgan fingerprint density at radius 1 is 1.06 bits per heavy atom. The number of methoxy groups -OCH3 is 1. The molecule has 1 aliphatic carbocycles. The molecule has 2 heterocycles. The van der Waals surface area contributed by atoms with E-state index in [1.165, 1.54) is 0 Å². The maximum Gasteiger partial charge on any atom is 0.258 e. The van der Waals surface area contributed by atoms with Crippen LogP contribution in [0.15, 0.2) is 53.3 Å². The molecule has 188 valence electrons. The van der Waals surface area contributed by atoms with Crippen LogP contribution in [-0.4, -0.2) is 82.9 Å². The highest BCUT2D eigenvalue weighted by Crippen LogP contribution is 2.30. The van der Waals surface area contributed by atoms with Crippen LogP contribution < -0.4 is 10.3 Å². The van der Waals surface area contributed by atoms with Crippen LogP contribution in [0.4, 0.5) is 0 Å². The molecule has 2 aromatic carbocycles. The molecule has 0 spiro atoms. The van der Waals surface area contributed by atoms with Crippen LogP contribution in [0.5, 0.6) is 5.75 Å². The van der Waals surface area contributed by atoms with Gasteiger partial charge >= 0.3 is 0 Å². The van der Waals surface area contributed by atoms with Gasteiger partial charge in [-0.2, -0.15) is 0 Å². The van der Waals surface area contributed by atoms with Crippen molar-refractivity contribution in [2.75, 3.05) is 46.4 Å². The maximum absolute atomic E-state index is 13.3. The number of para-hydroxylation sites is 1. The Morgan fingerprint density at radius 2 is 1.78 bits per heavy atom. The van der Waals surface area contributed by atoms with E-state index in [1.54, 1.807) is 37.4 Å². The first-order valence-corrected chi connectivity index (χ1v) is 12.4. The third-order valence-corrected chi connectivity index (χ3v) is 6.89. The minimum absolute atomic E-state index is 0.00896. The van der Waals surface area contributed by atoms with Crippen LogP contribution in [0.25, 0.3) is 10.9 Å². The van der Waals surface area contributed by atoms with E-state index in [0.29, 0.717) is 66.7 Å². The Balaban J connectivity index is 1.19. The molecular weight excluding hydrogens is 458 g/mol. The number of ether oxygens (including phenoxy) is 1. The number of carbonyl (C=O) groups excluding carboxylic acids is 2. The maximum atomic E-state index is 13.3. The first-order valence-electron chi connectivity index (χ1n) is 12.4. The largest absolute Gasteiger partial charge is 0.497 e. The molecule has 0 atom stereocenters. The lowest BCUT2D eigenvalue weighted by atomic mass is 10.1. The molecule has 3 aromatic rings. The summed E-state index contributed by atoms with van der Waals surface area (Å²) in [5, 5.41) is 0.545. The SMILES string of the molecule is COc1ccc(C(=O)N2CCN(CC(=O)N(Cc3nc4ccccc4c(=O)[nH]3)CC3CC3)CC2)cc1. The highest BCUT2D eigenvalue weighted by atomic mass is 16.5. The highest BCUT2D eigenvalue weighted by Gasteiger charge is 2.29. The Labute approximate surface area is 209 Å². The molecule has 1 aliphatic heterocycles. The molecule has 36 heavy (non-hydrogen) atoms. The number of benzene rings is 2. The molecule has 9 heteroatoms. The van der Waals surface area contributed by atoms with Gasteiger partial charge in [-0.1, -0.05) is 12.1 Å². The Kier molecular flexibility index (Phi) is 6.99. The Morgan fingerprint density at radius 3 is 2.47 bits per heavy atom. The molecule has 1 saturated carbocycles. The van der Waals surface area contributed by atoms with E-state index in [1.807, 2.05) is 28.0 Å². The third-order valence-electron chi connectivity index (χ3n) is 6.89. The van der Waals surface area contributed by atoms with E-state index in [-0.39, 0.29) is 30.5 Å². The number of hydrogen-bond donors (Lipinski definition) is 1. The number of piperazine rings is 1. The topological polar surface area (TPSA) is 98.8 Å². The standard InChI is InChI=1S/C27H31N5O4/c1-36-21-10-8-20(9-11-21)27(35)31-14-12-30(13-15-31)18-25(33)32(16-19-6-7-19)17-24-28-23-5-3-2-4-22(23)26(34)29-24/h2-5,8-11,19H,6-7,12-18H2,1H3,(H,28,29,34). The summed E-state index contributed by atoms with van der Waals surface area (Å²) in [6.07, 6.45) is 2.25. The van der Waals surface area contributed by atoms with Crippen molar-refractivity contribution >= 4 is 22.7 Å². The molecule has 2 aliphatic rings. The van der Waals surface area contributed by atoms with Crippen LogP contribution in [-0.2, 0) is 11.3 Å². The molecule has 1 N–H and O–H groups in total. The molecule has 5 rings (SSSR count). The number of fused-ring (bicyclic) bond motifs is 1. The number of aromatic amines is 1. The van der Waals surface area contributed by atoms with Crippen LogP contribution in [0, 0.1) is 5.92 Å². The second-order valence-corrected chi connectivity index (χ2v) is 9.54. The summed E-state index contributed by atoms with van der Waals surface area (Å²) >= 11 is 0. The van der Waals surface area contributed by atoms with Crippen molar-refractivity contribution in [2.24, 2.45) is 5.92 Å². The van der Waals surface area contributed by atoms with E-state index in [4.69, 9.17) is 4.74 Å². The molecule has 0 radical (unpaired) electrons. The van der Waals surface area contributed by atoms with E-state index >= 15 is 0 Å². The quantitative estimate of drug-likeness (QED) is 0.521. The van der Waals surface area contributed by atoms with Crippen LogP contribution in [0.3, 0.4) is 0 Å². The Bertz CT molecular complexity index is 1290. The first-order chi connectivity index (χ1) is 17.5. The zero-order valence-electron chi connectivity index (χ0n) is 20.5. The number of rotatable bonds is 8. The van der Waals surface area contributed by atoms with E-state index in [2.05, 4.69) is 14.9 Å². The van der Waals surface area contributed by atoms with E-state index < -0.39 is 0 Å². The lowest BCUT2D eigenvalue weighted by Gasteiger charge is -2.35. The van der Waals surface area contributed by atoms with E-state index in [0.717, 1.165) is 12.8 Å². The van der Waals surface area contributed by atoms with Crippen molar-refractivity contribution in [3.63, 3.8) is 0 Å². The van der Waals surface area contributed by atoms with Gasteiger partial charge in [0.25, 0.3) is 11.5 Å². The van der Waals surface area contributed by atoms with E-state index in [9.17, 15) is 14.4 Å². The molecule has 2 amide bonds. The van der Waals surface area contributed by atoms with Gasteiger partial charge in [0, 0.05) is 38.3 Å². The molecule has 1 aromatic heterocycles. The number of amides is 2. The van der Waals surface area contributed by atoms with Gasteiger partial charge < -0.3 is 19.5 Å². The predicted octanol–water partition coefficient (Wildman–Crippen LogP) is 2.13. The number of aromatic nitrogens is 2. The summed E-state index contributed by atoms with van der Waals surface area (Å²) in [7, 11) is 1.60. The van der Waals surface area contributed by atoms with Gasteiger partial charge in [0.05, 0.1) is 31.1 Å². The fraction of sp³-hybridized carbons (Fsp3) is 0.407. The van der Waals surface area contributed by atoms with Crippen molar-refractivity contribution < 1.29 is 14.3 Å². The minimum Gasteiger partial charge on any atom is -0.497 e. The molecule has 0 bridgehead atoms. The number of nitrogens with one attached hydrogen (secondary N) is 1. The average Bonchev–Trinajstić information content (AvgIpc) is 3.72.